The summed E-state index contributed by atoms with van der Waals surface area (Å²) < 4.78 is 14.3. The Bertz CT molecular complexity index is 763. The van der Waals surface area contributed by atoms with Crippen molar-refractivity contribution in [1.29, 1.82) is 0 Å². The molecule has 0 saturated carbocycles. The molecule has 0 radical (unpaired) electrons. The lowest BCUT2D eigenvalue weighted by Crippen LogP contribution is -2.39. The highest BCUT2D eigenvalue weighted by Gasteiger charge is 2.24. The van der Waals surface area contributed by atoms with Crippen LogP contribution in [-0.2, 0) is 6.67 Å². The fourth-order valence-corrected chi connectivity index (χ4v) is 2.69. The number of carbonyl (C=O) groups excluding carboxylic acids is 1. The first-order valence-corrected chi connectivity index (χ1v) is 7.72. The zero-order valence-electron chi connectivity index (χ0n) is 13.3. The number of hydrogen-bond acceptors (Lipinski definition) is 5. The summed E-state index contributed by atoms with van der Waals surface area (Å²) >= 11 is 0. The molecule has 1 aromatic carbocycles. The van der Waals surface area contributed by atoms with Crippen molar-refractivity contribution in [3.8, 4) is 0 Å². The Kier molecular flexibility index (Phi) is 4.89. The maximum Gasteiger partial charge on any atom is 0.319 e. The summed E-state index contributed by atoms with van der Waals surface area (Å²) in [5.74, 6) is -0.365. The molecule has 10 heteroatoms. The third kappa shape index (κ3) is 4.51. The lowest BCUT2D eigenvalue weighted by Gasteiger charge is -2.16. The number of nitro groups is 1. The summed E-state index contributed by atoms with van der Waals surface area (Å²) in [6.45, 7) is 1.78. The Labute approximate surface area is 142 Å². The second-order valence-corrected chi connectivity index (χ2v) is 5.80. The molecule has 0 bridgehead atoms. The number of aromatic nitrogens is 2. The predicted molar refractivity (Wildman–Crippen MR) is 87.4 cm³/mol. The molecule has 9 nitrogen and oxygen atoms in total. The lowest BCUT2D eigenvalue weighted by molar-refractivity contribution is -0.385. The summed E-state index contributed by atoms with van der Waals surface area (Å²) in [4.78, 5) is 24.2. The molecule has 1 aliphatic heterocycles. The van der Waals surface area contributed by atoms with Crippen molar-refractivity contribution >= 4 is 17.4 Å². The number of rotatable bonds is 5. The predicted octanol–water partition coefficient (Wildman–Crippen LogP) is 1.78. The molecular formula is C15H17FN6O3. The highest BCUT2D eigenvalue weighted by molar-refractivity contribution is 5.89. The van der Waals surface area contributed by atoms with E-state index in [0.29, 0.717) is 18.9 Å². The Hall–Kier alpha value is -3.01. The van der Waals surface area contributed by atoms with Crippen LogP contribution in [-0.4, -0.2) is 44.8 Å². The zero-order chi connectivity index (χ0) is 17.8. The van der Waals surface area contributed by atoms with Crippen LogP contribution in [0.15, 0.2) is 36.7 Å². The van der Waals surface area contributed by atoms with Crippen LogP contribution in [0.4, 0.5) is 20.6 Å². The van der Waals surface area contributed by atoms with Gasteiger partial charge in [0.25, 0.3) is 0 Å². The number of anilines is 1. The first kappa shape index (κ1) is 16.8. The van der Waals surface area contributed by atoms with Gasteiger partial charge in [0.05, 0.1) is 11.6 Å². The van der Waals surface area contributed by atoms with E-state index in [0.717, 1.165) is 13.0 Å². The van der Waals surface area contributed by atoms with Crippen LogP contribution in [0.25, 0.3) is 0 Å². The number of halogens is 1. The van der Waals surface area contributed by atoms with Crippen molar-refractivity contribution in [2.45, 2.75) is 19.1 Å². The molecule has 1 aromatic heterocycles. The van der Waals surface area contributed by atoms with Gasteiger partial charge in [-0.3, -0.25) is 19.7 Å². The number of amides is 2. The molecule has 2 heterocycles. The first-order valence-electron chi connectivity index (χ1n) is 7.72. The van der Waals surface area contributed by atoms with Gasteiger partial charge in [0.15, 0.2) is 0 Å². The second kappa shape index (κ2) is 7.26. The maximum absolute atomic E-state index is 12.8. The number of urea groups is 1. The van der Waals surface area contributed by atoms with Crippen LogP contribution in [0.1, 0.15) is 6.42 Å². The van der Waals surface area contributed by atoms with Gasteiger partial charge in [-0.1, -0.05) is 0 Å². The Morgan fingerprint density at radius 1 is 1.40 bits per heavy atom. The smallest absolute Gasteiger partial charge is 0.319 e. The molecule has 1 aliphatic rings. The maximum atomic E-state index is 12.8. The van der Waals surface area contributed by atoms with Crippen molar-refractivity contribution in [2.24, 2.45) is 0 Å². The van der Waals surface area contributed by atoms with E-state index in [1.54, 1.807) is 0 Å². The summed E-state index contributed by atoms with van der Waals surface area (Å²) in [6.07, 6.45) is 3.35. The van der Waals surface area contributed by atoms with Gasteiger partial charge in [-0.2, -0.15) is 5.10 Å². The molecule has 0 aliphatic carbocycles. The van der Waals surface area contributed by atoms with E-state index in [-0.39, 0.29) is 23.6 Å². The number of hydrogen-bond donors (Lipinski definition) is 2. The van der Waals surface area contributed by atoms with Gasteiger partial charge in [0.1, 0.15) is 18.2 Å². The fraction of sp³-hybridized carbons (Fsp3) is 0.333. The van der Waals surface area contributed by atoms with Crippen LogP contribution >= 0.6 is 0 Å². The normalized spacial score (nSPS) is 17.4. The molecule has 1 saturated heterocycles. The monoisotopic (exact) mass is 348 g/mol. The van der Waals surface area contributed by atoms with Crippen molar-refractivity contribution in [1.82, 2.24) is 20.0 Å². The van der Waals surface area contributed by atoms with Crippen LogP contribution in [0.2, 0.25) is 0 Å². The van der Waals surface area contributed by atoms with Crippen molar-refractivity contribution < 1.29 is 14.1 Å². The first-order chi connectivity index (χ1) is 12.0. The van der Waals surface area contributed by atoms with Gasteiger partial charge < -0.3 is 10.6 Å². The number of nitrogens with zero attached hydrogens (tertiary/aromatic N) is 4. The quantitative estimate of drug-likeness (QED) is 0.633. The number of benzene rings is 1. The van der Waals surface area contributed by atoms with Gasteiger partial charge in [-0.25, -0.2) is 9.18 Å². The van der Waals surface area contributed by atoms with Gasteiger partial charge in [0.2, 0.25) is 0 Å². The number of carbonyl (C=O) groups is 1. The number of nitrogens with one attached hydrogen (secondary N) is 2. The molecule has 2 aromatic rings. The molecule has 0 unspecified atom stereocenters. The highest BCUT2D eigenvalue weighted by atomic mass is 19.1. The average Bonchev–Trinajstić information content (AvgIpc) is 3.20. The molecule has 132 valence electrons. The third-order valence-electron chi connectivity index (χ3n) is 3.89. The van der Waals surface area contributed by atoms with Crippen LogP contribution in [0.5, 0.6) is 0 Å². The van der Waals surface area contributed by atoms with Gasteiger partial charge in [-0.05, 0) is 30.7 Å². The molecule has 1 fully saturated rings. The molecule has 25 heavy (non-hydrogen) atoms. The zero-order valence-corrected chi connectivity index (χ0v) is 13.3. The SMILES string of the molecule is O=C(Nc1ccc(F)cc1)N[C@H]1CCN(Cn2cc([N+](=O)[O-])cn2)C1. The Balaban J connectivity index is 1.46. The second-order valence-electron chi connectivity index (χ2n) is 5.80. The third-order valence-corrected chi connectivity index (χ3v) is 3.89. The summed E-state index contributed by atoms with van der Waals surface area (Å²) in [5, 5.41) is 20.1. The minimum absolute atomic E-state index is 0.0361. The van der Waals surface area contributed by atoms with Crippen LogP contribution in [0.3, 0.4) is 0 Å². The number of likely N-dealkylation sites (tertiary alicyclic amines) is 1. The molecule has 1 atom stereocenters. The highest BCUT2D eigenvalue weighted by Crippen LogP contribution is 2.13. The molecule has 2 amide bonds. The summed E-state index contributed by atoms with van der Waals surface area (Å²) in [6, 6.07) is 5.13. The standard InChI is InChI=1S/C15H17FN6O3/c16-11-1-3-12(4-2-11)18-15(23)19-13-5-6-20(8-13)10-21-9-14(7-17-21)22(24)25/h1-4,7,9,13H,5-6,8,10H2,(H2,18,19,23)/t13-/m0/s1. The van der Waals surface area contributed by atoms with Gasteiger partial charge >= 0.3 is 11.7 Å². The summed E-state index contributed by atoms with van der Waals surface area (Å²) in [7, 11) is 0. The minimum Gasteiger partial charge on any atom is -0.334 e. The van der Waals surface area contributed by atoms with E-state index in [9.17, 15) is 19.3 Å². The average molecular weight is 348 g/mol. The van der Waals surface area contributed by atoms with Gasteiger partial charge in [-0.15, -0.1) is 0 Å². The van der Waals surface area contributed by atoms with Crippen LogP contribution < -0.4 is 10.6 Å². The van der Waals surface area contributed by atoms with E-state index < -0.39 is 4.92 Å². The molecule has 3 rings (SSSR count). The lowest BCUT2D eigenvalue weighted by atomic mass is 10.3. The fourth-order valence-electron chi connectivity index (χ4n) is 2.69. The summed E-state index contributed by atoms with van der Waals surface area (Å²) in [5.41, 5.74) is 0.463. The topological polar surface area (TPSA) is 105 Å². The van der Waals surface area contributed by atoms with Crippen LogP contribution in [0, 0.1) is 15.9 Å². The van der Waals surface area contributed by atoms with E-state index in [4.69, 9.17) is 0 Å². The minimum atomic E-state index is -0.488. The molecule has 0 spiro atoms. The van der Waals surface area contributed by atoms with E-state index in [1.807, 2.05) is 4.90 Å². The van der Waals surface area contributed by atoms with Gasteiger partial charge in [0, 0.05) is 24.8 Å². The van der Waals surface area contributed by atoms with Crippen molar-refractivity contribution in [2.75, 3.05) is 18.4 Å². The molecular weight excluding hydrogens is 331 g/mol. The Morgan fingerprint density at radius 3 is 2.84 bits per heavy atom. The molecule has 2 N–H and O–H groups in total. The van der Waals surface area contributed by atoms with E-state index in [2.05, 4.69) is 15.7 Å². The Morgan fingerprint density at radius 2 is 2.16 bits per heavy atom. The van der Waals surface area contributed by atoms with Crippen molar-refractivity contribution in [3.05, 3.63) is 52.6 Å². The largest absolute Gasteiger partial charge is 0.334 e. The van der Waals surface area contributed by atoms with Crippen molar-refractivity contribution in [3.63, 3.8) is 0 Å². The van der Waals surface area contributed by atoms with E-state index >= 15 is 0 Å². The van der Waals surface area contributed by atoms with E-state index in [1.165, 1.54) is 41.3 Å².